The zero-order chi connectivity index (χ0) is 13.1. The molecule has 2 atom stereocenters. The number of rotatable bonds is 4. The van der Waals surface area contributed by atoms with Crippen molar-refractivity contribution in [3.8, 4) is 0 Å². The number of nitrogens with zero attached hydrogens (tertiary/aromatic N) is 2. The van der Waals surface area contributed by atoms with E-state index in [0.717, 1.165) is 6.42 Å². The van der Waals surface area contributed by atoms with E-state index in [-0.39, 0.29) is 18.0 Å². The molecule has 102 valence electrons. The molecule has 2 N–H and O–H groups in total. The van der Waals surface area contributed by atoms with Gasteiger partial charge in [0.2, 0.25) is 5.91 Å². The minimum absolute atomic E-state index is 0.00447. The minimum atomic E-state index is 0.00447. The number of carbonyl (C=O) groups is 2. The summed E-state index contributed by atoms with van der Waals surface area (Å²) in [4.78, 5) is 27.1. The lowest BCUT2D eigenvalue weighted by molar-refractivity contribution is -0.132. The maximum atomic E-state index is 12.0. The summed E-state index contributed by atoms with van der Waals surface area (Å²) in [6.45, 7) is 7.16. The summed E-state index contributed by atoms with van der Waals surface area (Å²) < 4.78 is 0. The van der Waals surface area contributed by atoms with Gasteiger partial charge in [0.15, 0.2) is 0 Å². The van der Waals surface area contributed by atoms with E-state index in [1.807, 2.05) is 9.80 Å². The van der Waals surface area contributed by atoms with Gasteiger partial charge in [0.25, 0.3) is 0 Å². The van der Waals surface area contributed by atoms with Crippen molar-refractivity contribution < 1.29 is 9.59 Å². The number of hydrogen-bond donors (Lipinski definition) is 2. The van der Waals surface area contributed by atoms with Gasteiger partial charge in [0, 0.05) is 32.2 Å². The Bertz CT molecular complexity index is 334. The summed E-state index contributed by atoms with van der Waals surface area (Å²) >= 11 is 0. The third-order valence-electron chi connectivity index (χ3n) is 3.80. The van der Waals surface area contributed by atoms with Crippen molar-refractivity contribution in [3.05, 3.63) is 0 Å². The van der Waals surface area contributed by atoms with Gasteiger partial charge in [-0.15, -0.1) is 0 Å². The molecular formula is C12H22N4O2. The SMILES string of the molecule is CCC(C)NCC(=O)N1CCN2C(=O)NCC2C1. The molecule has 0 saturated carbocycles. The Balaban J connectivity index is 1.80. The van der Waals surface area contributed by atoms with Crippen molar-refractivity contribution in [3.63, 3.8) is 0 Å². The van der Waals surface area contributed by atoms with Crippen LogP contribution in [0.1, 0.15) is 20.3 Å². The van der Waals surface area contributed by atoms with Crippen molar-refractivity contribution in [2.75, 3.05) is 32.7 Å². The van der Waals surface area contributed by atoms with Crippen molar-refractivity contribution in [2.45, 2.75) is 32.4 Å². The predicted molar refractivity (Wildman–Crippen MR) is 68.2 cm³/mol. The molecule has 2 heterocycles. The van der Waals surface area contributed by atoms with Crippen molar-refractivity contribution >= 4 is 11.9 Å². The van der Waals surface area contributed by atoms with Crippen LogP contribution in [0.2, 0.25) is 0 Å². The molecule has 0 bridgehead atoms. The van der Waals surface area contributed by atoms with Gasteiger partial charge in [0.1, 0.15) is 0 Å². The third kappa shape index (κ3) is 2.75. The van der Waals surface area contributed by atoms with Crippen LogP contribution in [0.4, 0.5) is 4.79 Å². The van der Waals surface area contributed by atoms with Crippen LogP contribution in [-0.2, 0) is 4.79 Å². The molecule has 0 aliphatic carbocycles. The molecule has 2 aliphatic heterocycles. The second kappa shape index (κ2) is 5.56. The van der Waals surface area contributed by atoms with Crippen LogP contribution in [0.5, 0.6) is 0 Å². The Kier molecular flexibility index (Phi) is 4.06. The standard InChI is InChI=1S/C12H22N4O2/c1-3-9(2)13-7-11(17)15-4-5-16-10(8-15)6-14-12(16)18/h9-10,13H,3-8H2,1-2H3,(H,14,18). The zero-order valence-electron chi connectivity index (χ0n) is 11.1. The molecule has 2 aliphatic rings. The van der Waals surface area contributed by atoms with Gasteiger partial charge in [-0.25, -0.2) is 4.79 Å². The van der Waals surface area contributed by atoms with E-state index in [0.29, 0.717) is 38.8 Å². The number of nitrogens with one attached hydrogen (secondary N) is 2. The maximum Gasteiger partial charge on any atom is 0.317 e. The summed E-state index contributed by atoms with van der Waals surface area (Å²) in [6, 6.07) is 0.522. The van der Waals surface area contributed by atoms with Crippen LogP contribution in [0, 0.1) is 0 Å². The topological polar surface area (TPSA) is 64.7 Å². The van der Waals surface area contributed by atoms with Crippen LogP contribution < -0.4 is 10.6 Å². The minimum Gasteiger partial charge on any atom is -0.338 e. The summed E-state index contributed by atoms with van der Waals surface area (Å²) in [6.07, 6.45) is 1.02. The van der Waals surface area contributed by atoms with Crippen LogP contribution in [0.15, 0.2) is 0 Å². The van der Waals surface area contributed by atoms with E-state index >= 15 is 0 Å². The third-order valence-corrected chi connectivity index (χ3v) is 3.80. The normalized spacial score (nSPS) is 24.8. The smallest absolute Gasteiger partial charge is 0.317 e. The average molecular weight is 254 g/mol. The highest BCUT2D eigenvalue weighted by molar-refractivity contribution is 5.80. The van der Waals surface area contributed by atoms with Gasteiger partial charge in [-0.2, -0.15) is 0 Å². The fourth-order valence-electron chi connectivity index (χ4n) is 2.35. The summed E-state index contributed by atoms with van der Waals surface area (Å²) in [5.74, 6) is 0.134. The van der Waals surface area contributed by atoms with Gasteiger partial charge in [-0.3, -0.25) is 4.79 Å². The lowest BCUT2D eigenvalue weighted by atomic mass is 10.2. The summed E-state index contributed by atoms with van der Waals surface area (Å²) in [7, 11) is 0. The number of hydrogen-bond acceptors (Lipinski definition) is 3. The van der Waals surface area contributed by atoms with E-state index in [1.165, 1.54) is 0 Å². The largest absolute Gasteiger partial charge is 0.338 e. The Morgan fingerprint density at radius 3 is 3.06 bits per heavy atom. The Hall–Kier alpha value is -1.30. The molecular weight excluding hydrogens is 232 g/mol. The van der Waals surface area contributed by atoms with Gasteiger partial charge in [0.05, 0.1) is 12.6 Å². The number of urea groups is 1. The molecule has 6 nitrogen and oxygen atoms in total. The maximum absolute atomic E-state index is 12.0. The molecule has 18 heavy (non-hydrogen) atoms. The fourth-order valence-corrected chi connectivity index (χ4v) is 2.35. The Labute approximate surface area is 108 Å². The summed E-state index contributed by atoms with van der Waals surface area (Å²) in [5.41, 5.74) is 0. The number of fused-ring (bicyclic) bond motifs is 1. The second-order valence-corrected chi connectivity index (χ2v) is 5.06. The number of piperazine rings is 1. The van der Waals surface area contributed by atoms with E-state index < -0.39 is 0 Å². The molecule has 0 radical (unpaired) electrons. The monoisotopic (exact) mass is 254 g/mol. The first-order chi connectivity index (χ1) is 8.61. The molecule has 3 amide bonds. The average Bonchev–Trinajstić information content (AvgIpc) is 2.76. The fraction of sp³-hybridized carbons (Fsp3) is 0.833. The molecule has 2 fully saturated rings. The second-order valence-electron chi connectivity index (χ2n) is 5.06. The number of carbonyl (C=O) groups excluding carboxylic acids is 2. The van der Waals surface area contributed by atoms with Gasteiger partial charge < -0.3 is 20.4 Å². The summed E-state index contributed by atoms with van der Waals surface area (Å²) in [5, 5.41) is 6.02. The van der Waals surface area contributed by atoms with Gasteiger partial charge in [-0.05, 0) is 13.3 Å². The van der Waals surface area contributed by atoms with Crippen LogP contribution >= 0.6 is 0 Å². The van der Waals surface area contributed by atoms with Gasteiger partial charge in [-0.1, -0.05) is 6.92 Å². The lowest BCUT2D eigenvalue weighted by Crippen LogP contribution is -2.55. The van der Waals surface area contributed by atoms with Crippen LogP contribution in [0.25, 0.3) is 0 Å². The van der Waals surface area contributed by atoms with E-state index in [9.17, 15) is 9.59 Å². The predicted octanol–water partition coefficient (Wildman–Crippen LogP) is -0.389. The highest BCUT2D eigenvalue weighted by atomic mass is 16.2. The molecule has 2 unspecified atom stereocenters. The Morgan fingerprint density at radius 2 is 2.33 bits per heavy atom. The number of amides is 3. The highest BCUT2D eigenvalue weighted by Crippen LogP contribution is 2.14. The van der Waals surface area contributed by atoms with Gasteiger partial charge >= 0.3 is 6.03 Å². The first-order valence-corrected chi connectivity index (χ1v) is 6.67. The molecule has 2 rings (SSSR count). The molecule has 6 heteroatoms. The molecule has 0 aromatic heterocycles. The van der Waals surface area contributed by atoms with Crippen LogP contribution in [-0.4, -0.2) is 66.5 Å². The van der Waals surface area contributed by atoms with E-state index in [1.54, 1.807) is 0 Å². The zero-order valence-corrected chi connectivity index (χ0v) is 11.1. The Morgan fingerprint density at radius 1 is 1.56 bits per heavy atom. The molecule has 0 aromatic rings. The quantitative estimate of drug-likeness (QED) is 0.718. The molecule has 0 aromatic carbocycles. The highest BCUT2D eigenvalue weighted by Gasteiger charge is 2.36. The van der Waals surface area contributed by atoms with E-state index in [2.05, 4.69) is 24.5 Å². The molecule has 0 spiro atoms. The lowest BCUT2D eigenvalue weighted by Gasteiger charge is -2.36. The van der Waals surface area contributed by atoms with E-state index in [4.69, 9.17) is 0 Å². The first-order valence-electron chi connectivity index (χ1n) is 6.67. The van der Waals surface area contributed by atoms with Crippen molar-refractivity contribution in [2.24, 2.45) is 0 Å². The van der Waals surface area contributed by atoms with Crippen LogP contribution in [0.3, 0.4) is 0 Å². The first kappa shape index (κ1) is 13.1. The van der Waals surface area contributed by atoms with Crippen molar-refractivity contribution in [1.29, 1.82) is 0 Å². The van der Waals surface area contributed by atoms with Crippen molar-refractivity contribution in [1.82, 2.24) is 20.4 Å². The molecule has 2 saturated heterocycles.